The fourth-order valence-corrected chi connectivity index (χ4v) is 2.68. The van der Waals surface area contributed by atoms with Gasteiger partial charge in [-0.05, 0) is 37.1 Å². The first-order chi connectivity index (χ1) is 12.5. The van der Waals surface area contributed by atoms with Crippen molar-refractivity contribution in [1.29, 1.82) is 0 Å². The molecule has 0 bridgehead atoms. The van der Waals surface area contributed by atoms with E-state index < -0.39 is 0 Å². The summed E-state index contributed by atoms with van der Waals surface area (Å²) in [6.07, 6.45) is 0.456. The first kappa shape index (κ1) is 20.0. The standard InChI is InChI=1S/C21H24ClNO3/c1-3-26-21(25)12-13-23(15-18-6-4-16(2)5-7-18)20(24)14-17-8-10-19(22)11-9-17/h4-11H,3,12-15H2,1-2H3. The van der Waals surface area contributed by atoms with Gasteiger partial charge in [-0.25, -0.2) is 0 Å². The molecule has 2 aromatic carbocycles. The minimum absolute atomic E-state index is 0.0304. The van der Waals surface area contributed by atoms with E-state index in [0.717, 1.165) is 11.1 Å². The number of esters is 1. The summed E-state index contributed by atoms with van der Waals surface area (Å²) in [4.78, 5) is 26.2. The van der Waals surface area contributed by atoms with Crippen LogP contribution in [0.25, 0.3) is 0 Å². The van der Waals surface area contributed by atoms with Crippen LogP contribution in [0, 0.1) is 6.92 Å². The van der Waals surface area contributed by atoms with Crippen LogP contribution < -0.4 is 0 Å². The Morgan fingerprint density at radius 3 is 2.23 bits per heavy atom. The molecule has 0 saturated carbocycles. The minimum Gasteiger partial charge on any atom is -0.466 e. The average Bonchev–Trinajstić information content (AvgIpc) is 2.62. The minimum atomic E-state index is -0.291. The average molecular weight is 374 g/mol. The Bertz CT molecular complexity index is 726. The maximum Gasteiger partial charge on any atom is 0.307 e. The molecule has 0 aliphatic rings. The van der Waals surface area contributed by atoms with Crippen molar-refractivity contribution in [3.05, 3.63) is 70.2 Å². The molecule has 2 rings (SSSR count). The van der Waals surface area contributed by atoms with Gasteiger partial charge in [-0.1, -0.05) is 53.6 Å². The number of ether oxygens (including phenoxy) is 1. The normalized spacial score (nSPS) is 10.4. The van der Waals surface area contributed by atoms with Crippen molar-refractivity contribution < 1.29 is 14.3 Å². The molecule has 0 unspecified atom stereocenters. The van der Waals surface area contributed by atoms with Gasteiger partial charge in [0, 0.05) is 18.1 Å². The number of carbonyl (C=O) groups excluding carboxylic acids is 2. The number of rotatable bonds is 8. The molecule has 0 spiro atoms. The zero-order valence-corrected chi connectivity index (χ0v) is 16.0. The molecule has 5 heteroatoms. The fraction of sp³-hybridized carbons (Fsp3) is 0.333. The number of carbonyl (C=O) groups is 2. The van der Waals surface area contributed by atoms with Crippen molar-refractivity contribution in [2.24, 2.45) is 0 Å². The number of amides is 1. The van der Waals surface area contributed by atoms with Gasteiger partial charge in [0.05, 0.1) is 19.4 Å². The summed E-state index contributed by atoms with van der Waals surface area (Å²) in [5.74, 6) is -0.321. The van der Waals surface area contributed by atoms with Gasteiger partial charge in [-0.3, -0.25) is 9.59 Å². The first-order valence-electron chi connectivity index (χ1n) is 8.71. The Morgan fingerprint density at radius 2 is 1.62 bits per heavy atom. The third kappa shape index (κ3) is 6.52. The van der Waals surface area contributed by atoms with Crippen molar-refractivity contribution in [2.75, 3.05) is 13.2 Å². The monoisotopic (exact) mass is 373 g/mol. The van der Waals surface area contributed by atoms with E-state index in [9.17, 15) is 9.59 Å². The Labute approximate surface area is 159 Å². The SMILES string of the molecule is CCOC(=O)CCN(Cc1ccc(C)cc1)C(=O)Cc1ccc(Cl)cc1. The maximum absolute atomic E-state index is 12.8. The van der Waals surface area contributed by atoms with Gasteiger partial charge in [0.1, 0.15) is 0 Å². The molecule has 0 heterocycles. The summed E-state index contributed by atoms with van der Waals surface area (Å²) in [6, 6.07) is 15.3. The highest BCUT2D eigenvalue weighted by Gasteiger charge is 2.16. The topological polar surface area (TPSA) is 46.6 Å². The van der Waals surface area contributed by atoms with Gasteiger partial charge in [-0.15, -0.1) is 0 Å². The van der Waals surface area contributed by atoms with Crippen LogP contribution >= 0.6 is 11.6 Å². The van der Waals surface area contributed by atoms with Crippen LogP contribution in [0.5, 0.6) is 0 Å². The largest absolute Gasteiger partial charge is 0.466 e. The lowest BCUT2D eigenvalue weighted by molar-refractivity contribution is -0.144. The molecular weight excluding hydrogens is 350 g/mol. The van der Waals surface area contributed by atoms with E-state index in [2.05, 4.69) is 0 Å². The number of benzene rings is 2. The predicted molar refractivity (Wildman–Crippen MR) is 103 cm³/mol. The number of aryl methyl sites for hydroxylation is 1. The zero-order valence-electron chi connectivity index (χ0n) is 15.2. The van der Waals surface area contributed by atoms with Gasteiger partial charge in [-0.2, -0.15) is 0 Å². The third-order valence-corrected chi connectivity index (χ3v) is 4.26. The van der Waals surface area contributed by atoms with Crippen LogP contribution in [-0.2, 0) is 27.3 Å². The molecule has 0 aromatic heterocycles. The molecular formula is C21H24ClNO3. The summed E-state index contributed by atoms with van der Waals surface area (Å²) >= 11 is 5.90. The van der Waals surface area contributed by atoms with Crippen molar-refractivity contribution in [2.45, 2.75) is 33.2 Å². The highest BCUT2D eigenvalue weighted by atomic mass is 35.5. The smallest absolute Gasteiger partial charge is 0.307 e. The summed E-state index contributed by atoms with van der Waals surface area (Å²) in [7, 11) is 0. The van der Waals surface area contributed by atoms with Gasteiger partial charge >= 0.3 is 5.97 Å². The van der Waals surface area contributed by atoms with Gasteiger partial charge in [0.25, 0.3) is 0 Å². The van der Waals surface area contributed by atoms with E-state index >= 15 is 0 Å². The Morgan fingerprint density at radius 1 is 1.00 bits per heavy atom. The van der Waals surface area contributed by atoms with Gasteiger partial charge in [0.15, 0.2) is 0 Å². The molecule has 0 N–H and O–H groups in total. The molecule has 4 nitrogen and oxygen atoms in total. The van der Waals surface area contributed by atoms with Crippen LogP contribution in [0.3, 0.4) is 0 Å². The van der Waals surface area contributed by atoms with Crippen LogP contribution in [0.15, 0.2) is 48.5 Å². The fourth-order valence-electron chi connectivity index (χ4n) is 2.55. The van der Waals surface area contributed by atoms with Crippen LogP contribution in [0.4, 0.5) is 0 Å². The Kier molecular flexibility index (Phi) is 7.67. The van der Waals surface area contributed by atoms with E-state index in [1.54, 1.807) is 24.0 Å². The number of halogens is 1. The third-order valence-electron chi connectivity index (χ3n) is 4.01. The van der Waals surface area contributed by atoms with Crippen LogP contribution in [0.1, 0.15) is 30.0 Å². The number of hydrogen-bond donors (Lipinski definition) is 0. The maximum atomic E-state index is 12.8. The van der Waals surface area contributed by atoms with E-state index in [1.165, 1.54) is 5.56 Å². The Hall–Kier alpha value is -2.33. The summed E-state index contributed by atoms with van der Waals surface area (Å²) in [5.41, 5.74) is 3.09. The first-order valence-corrected chi connectivity index (χ1v) is 9.09. The molecule has 0 atom stereocenters. The summed E-state index contributed by atoms with van der Waals surface area (Å²) in [6.45, 7) is 4.93. The van der Waals surface area contributed by atoms with Crippen molar-refractivity contribution >= 4 is 23.5 Å². The van der Waals surface area contributed by atoms with Crippen molar-refractivity contribution in [3.63, 3.8) is 0 Å². The highest BCUT2D eigenvalue weighted by molar-refractivity contribution is 6.30. The van der Waals surface area contributed by atoms with Crippen LogP contribution in [0.2, 0.25) is 5.02 Å². The molecule has 2 aromatic rings. The quantitative estimate of drug-likeness (QED) is 0.652. The molecule has 0 radical (unpaired) electrons. The molecule has 26 heavy (non-hydrogen) atoms. The summed E-state index contributed by atoms with van der Waals surface area (Å²) < 4.78 is 4.98. The lowest BCUT2D eigenvalue weighted by atomic mass is 10.1. The van der Waals surface area contributed by atoms with Gasteiger partial charge in [0.2, 0.25) is 5.91 Å². The molecule has 0 saturated heterocycles. The second-order valence-electron chi connectivity index (χ2n) is 6.16. The number of hydrogen-bond acceptors (Lipinski definition) is 3. The second kappa shape index (κ2) is 9.97. The summed E-state index contributed by atoms with van der Waals surface area (Å²) in [5, 5.41) is 0.639. The second-order valence-corrected chi connectivity index (χ2v) is 6.60. The van der Waals surface area contributed by atoms with Crippen molar-refractivity contribution in [3.8, 4) is 0 Å². The molecule has 138 valence electrons. The molecule has 0 aliphatic heterocycles. The molecule has 0 aliphatic carbocycles. The lowest BCUT2D eigenvalue weighted by Gasteiger charge is -2.23. The zero-order chi connectivity index (χ0) is 18.9. The Balaban J connectivity index is 2.07. The van der Waals surface area contributed by atoms with E-state index in [-0.39, 0.29) is 24.7 Å². The highest BCUT2D eigenvalue weighted by Crippen LogP contribution is 2.13. The molecule has 1 amide bonds. The van der Waals surface area contributed by atoms with E-state index in [1.807, 2.05) is 43.3 Å². The van der Waals surface area contributed by atoms with Crippen molar-refractivity contribution in [1.82, 2.24) is 4.90 Å². The van der Waals surface area contributed by atoms with Gasteiger partial charge < -0.3 is 9.64 Å². The lowest BCUT2D eigenvalue weighted by Crippen LogP contribution is -2.34. The number of nitrogens with zero attached hydrogens (tertiary/aromatic N) is 1. The van der Waals surface area contributed by atoms with E-state index in [4.69, 9.17) is 16.3 Å². The van der Waals surface area contributed by atoms with E-state index in [0.29, 0.717) is 24.7 Å². The van der Waals surface area contributed by atoms with Crippen LogP contribution in [-0.4, -0.2) is 29.9 Å². The predicted octanol–water partition coefficient (Wildman–Crippen LogP) is 4.17. The molecule has 0 fully saturated rings.